The first-order valence-electron chi connectivity index (χ1n) is 23.0. The number of hydrogen-bond acceptors (Lipinski definition) is 1. The lowest BCUT2D eigenvalue weighted by molar-refractivity contribution is 0.670. The third-order valence-electron chi connectivity index (χ3n) is 11.5. The molecule has 1 heterocycles. The Kier molecular flexibility index (Phi) is 5.46. The van der Waals surface area contributed by atoms with Gasteiger partial charge in [-0.25, -0.2) is 0 Å². The highest BCUT2D eigenvalue weighted by molar-refractivity contribution is 6.26. The molecule has 264 valence electrons. The fourth-order valence-electron chi connectivity index (χ4n) is 9.11. The van der Waals surface area contributed by atoms with Gasteiger partial charge in [0.1, 0.15) is 11.2 Å². The Morgan fingerprint density at radius 1 is 0.298 bits per heavy atom. The van der Waals surface area contributed by atoms with Gasteiger partial charge in [-0.1, -0.05) is 200 Å². The molecule has 1 nitrogen and oxygen atoms in total. The molecule has 0 saturated carbocycles. The summed E-state index contributed by atoms with van der Waals surface area (Å²) in [5, 5.41) is 8.15. The monoisotopic (exact) mass is 730 g/mol. The van der Waals surface area contributed by atoms with Crippen LogP contribution in [0.15, 0.2) is 210 Å². The van der Waals surface area contributed by atoms with Gasteiger partial charge in [0.25, 0.3) is 0 Å². The van der Waals surface area contributed by atoms with Gasteiger partial charge in [-0.3, -0.25) is 0 Å². The highest BCUT2D eigenvalue weighted by atomic mass is 16.3. The fraction of sp³-hybridized carbons (Fsp3) is 0. The van der Waals surface area contributed by atoms with E-state index in [9.17, 15) is 5.48 Å². The molecule has 11 aromatic carbocycles. The van der Waals surface area contributed by atoms with Crippen LogP contribution in [0.3, 0.4) is 0 Å². The molecule has 0 aliphatic carbocycles. The van der Waals surface area contributed by atoms with Crippen LogP contribution in [0.2, 0.25) is 0 Å². The van der Waals surface area contributed by atoms with Crippen molar-refractivity contribution in [3.05, 3.63) is 206 Å². The Balaban J connectivity index is 1.20. The maximum absolute atomic E-state index is 9.60. The number of para-hydroxylation sites is 1. The molecule has 57 heavy (non-hydrogen) atoms. The van der Waals surface area contributed by atoms with Crippen molar-refractivity contribution < 1.29 is 15.4 Å². The van der Waals surface area contributed by atoms with Crippen LogP contribution in [0.4, 0.5) is 0 Å². The van der Waals surface area contributed by atoms with Crippen molar-refractivity contribution in [1.29, 1.82) is 0 Å². The molecule has 0 aliphatic heterocycles. The van der Waals surface area contributed by atoms with Crippen LogP contribution in [0, 0.1) is 0 Å². The van der Waals surface area contributed by atoms with E-state index in [1.807, 2.05) is 97.1 Å². The zero-order valence-electron chi connectivity index (χ0n) is 38.4. The molecule has 0 atom stereocenters. The first kappa shape index (κ1) is 24.8. The minimum absolute atomic E-state index is 0.179. The van der Waals surface area contributed by atoms with E-state index in [0.717, 1.165) is 76.5 Å². The average molecular weight is 731 g/mol. The van der Waals surface area contributed by atoms with Gasteiger partial charge in [0.15, 0.2) is 0 Å². The van der Waals surface area contributed by atoms with Gasteiger partial charge in [0, 0.05) is 16.3 Å². The van der Waals surface area contributed by atoms with E-state index in [4.69, 9.17) is 9.90 Å². The molecule has 0 amide bonds. The van der Waals surface area contributed by atoms with Crippen LogP contribution < -0.4 is 0 Å². The van der Waals surface area contributed by atoms with Crippen LogP contribution in [0.25, 0.3) is 120 Å². The molecule has 1 heteroatoms. The minimum atomic E-state index is -0.435. The Bertz CT molecular complexity index is 3970. The van der Waals surface area contributed by atoms with Gasteiger partial charge >= 0.3 is 0 Å². The maximum atomic E-state index is 9.60. The average Bonchev–Trinajstić information content (AvgIpc) is 3.74. The summed E-state index contributed by atoms with van der Waals surface area (Å²) < 4.78 is 80.9. The Morgan fingerprint density at radius 2 is 0.684 bits per heavy atom. The van der Waals surface area contributed by atoms with Crippen LogP contribution in [0.5, 0.6) is 0 Å². The lowest BCUT2D eigenvalue weighted by atomic mass is 9.83. The molecule has 12 aromatic rings. The quantitative estimate of drug-likeness (QED) is 0.164. The molecule has 1 aromatic heterocycles. The number of furan rings is 1. The van der Waals surface area contributed by atoms with Crippen molar-refractivity contribution in [3.8, 4) is 44.5 Å². The zero-order valence-corrected chi connectivity index (χ0v) is 30.4. The molecular formula is C56H34O. The summed E-state index contributed by atoms with van der Waals surface area (Å²) in [6.07, 6.45) is 0. The molecule has 0 bridgehead atoms. The predicted molar refractivity (Wildman–Crippen MR) is 243 cm³/mol. The second-order valence-electron chi connectivity index (χ2n) is 14.5. The third kappa shape index (κ3) is 4.76. The number of rotatable bonds is 4. The Labute approximate surface area is 340 Å². The second-order valence-corrected chi connectivity index (χ2v) is 14.5. The van der Waals surface area contributed by atoms with Crippen molar-refractivity contribution >= 4 is 75.8 Å². The van der Waals surface area contributed by atoms with E-state index in [0.29, 0.717) is 22.3 Å². The smallest absolute Gasteiger partial charge is 0.143 e. The van der Waals surface area contributed by atoms with Gasteiger partial charge in [-0.05, 0) is 98.9 Å². The molecule has 0 fully saturated rings. The maximum Gasteiger partial charge on any atom is 0.143 e. The van der Waals surface area contributed by atoms with Gasteiger partial charge in [-0.2, -0.15) is 0 Å². The summed E-state index contributed by atoms with van der Waals surface area (Å²) in [4.78, 5) is 0. The lowest BCUT2D eigenvalue weighted by Crippen LogP contribution is -1.92. The molecule has 0 N–H and O–H groups in total. The highest BCUT2D eigenvalue weighted by Crippen LogP contribution is 2.48. The van der Waals surface area contributed by atoms with Crippen LogP contribution in [-0.4, -0.2) is 0 Å². The van der Waals surface area contributed by atoms with E-state index in [1.54, 1.807) is 0 Å². The minimum Gasteiger partial charge on any atom is -0.455 e. The van der Waals surface area contributed by atoms with Crippen molar-refractivity contribution in [1.82, 2.24) is 0 Å². The van der Waals surface area contributed by atoms with Crippen molar-refractivity contribution in [2.45, 2.75) is 0 Å². The number of fused-ring (bicyclic) bond motifs is 8. The van der Waals surface area contributed by atoms with Gasteiger partial charge in [0.05, 0.1) is 11.0 Å². The van der Waals surface area contributed by atoms with Gasteiger partial charge < -0.3 is 4.42 Å². The van der Waals surface area contributed by atoms with Crippen LogP contribution in [0.1, 0.15) is 11.0 Å². The van der Waals surface area contributed by atoms with Crippen LogP contribution >= 0.6 is 0 Å². The van der Waals surface area contributed by atoms with Gasteiger partial charge in [0.2, 0.25) is 0 Å². The van der Waals surface area contributed by atoms with Crippen molar-refractivity contribution in [3.63, 3.8) is 0 Å². The predicted octanol–water partition coefficient (Wildman–Crippen LogP) is 16.0. The number of hydrogen-bond donors (Lipinski definition) is 0. The molecule has 0 radical (unpaired) electrons. The topological polar surface area (TPSA) is 13.1 Å². The summed E-state index contributed by atoms with van der Waals surface area (Å²) in [5.74, 6) is 0. The summed E-state index contributed by atoms with van der Waals surface area (Å²) in [6.45, 7) is 0. The van der Waals surface area contributed by atoms with Gasteiger partial charge in [-0.15, -0.1) is 0 Å². The molecule has 0 aliphatic rings. The normalized spacial score (nSPS) is 13.8. The first-order valence-corrected chi connectivity index (χ1v) is 19.0. The zero-order chi connectivity index (χ0) is 44.4. The van der Waals surface area contributed by atoms with E-state index >= 15 is 0 Å². The standard InChI is InChI=1S/C56H34O/c1-3-19-37-35(15-1)17-9-25-39(37)50-32-13-33-51-55-45(31-14-34-52(55)57-56(50)51)42-28-11-27-41-40(42)26-12-30-44(41)54-48-23-7-5-21-46(48)53(47-22-6-8-24-49(47)54)43-29-10-18-36-16-2-4-20-38(36)43/h1-34H/i5D,6D,7D,8D,21D,22D,23D,24D. The molecule has 0 spiro atoms. The lowest BCUT2D eigenvalue weighted by Gasteiger charge is -2.20. The summed E-state index contributed by atoms with van der Waals surface area (Å²) in [7, 11) is 0. The molecular weight excluding hydrogens is 689 g/mol. The van der Waals surface area contributed by atoms with E-state index in [-0.39, 0.29) is 45.7 Å². The highest BCUT2D eigenvalue weighted by Gasteiger charge is 2.21. The second kappa shape index (κ2) is 12.5. The Hall–Kier alpha value is -7.48. The van der Waals surface area contributed by atoms with Crippen molar-refractivity contribution in [2.24, 2.45) is 0 Å². The van der Waals surface area contributed by atoms with Crippen molar-refractivity contribution in [2.75, 3.05) is 0 Å². The molecule has 0 unspecified atom stereocenters. The Morgan fingerprint density at radius 3 is 1.30 bits per heavy atom. The summed E-state index contributed by atoms with van der Waals surface area (Å²) >= 11 is 0. The first-order chi connectivity index (χ1) is 31.6. The van der Waals surface area contributed by atoms with E-state index in [1.165, 1.54) is 0 Å². The van der Waals surface area contributed by atoms with Crippen LogP contribution in [-0.2, 0) is 0 Å². The number of benzene rings is 11. The third-order valence-corrected chi connectivity index (χ3v) is 11.5. The SMILES string of the molecule is [2H]c1c([2H])c([2H])c2c(-c3cccc4c(-c5cccc6oc7c(-c8cccc9ccccc89)cccc7c56)cccc34)c3c([2H])c([2H])c([2H])c([2H])c3c(-c3cccc4ccccc34)c2c1[2H]. The summed E-state index contributed by atoms with van der Waals surface area (Å²) in [6, 6.07) is 49.2. The largest absolute Gasteiger partial charge is 0.455 e. The molecule has 12 rings (SSSR count). The van der Waals surface area contributed by atoms with E-state index < -0.39 is 24.2 Å². The molecule has 0 saturated heterocycles. The van der Waals surface area contributed by atoms with E-state index in [2.05, 4.69) is 60.7 Å². The fourth-order valence-corrected chi connectivity index (χ4v) is 9.11. The summed E-state index contributed by atoms with van der Waals surface area (Å²) in [5.41, 5.74) is 7.22.